The molecule has 0 aliphatic heterocycles. The Morgan fingerprint density at radius 1 is 1.29 bits per heavy atom. The Kier molecular flexibility index (Phi) is 5.55. The molecule has 0 aliphatic rings. The summed E-state index contributed by atoms with van der Waals surface area (Å²) in [6, 6.07) is 1.79. The predicted molar refractivity (Wildman–Crippen MR) is 64.9 cm³/mol. The number of benzene rings is 1. The van der Waals surface area contributed by atoms with E-state index in [-0.39, 0.29) is 17.1 Å². The minimum absolute atomic E-state index is 0.0766. The maximum absolute atomic E-state index is 13.1. The van der Waals surface area contributed by atoms with E-state index in [2.05, 4.69) is 15.9 Å². The highest BCUT2D eigenvalue weighted by atomic mass is 79.9. The molecule has 0 aliphatic carbocycles. The molecule has 0 aromatic heterocycles. The number of alkyl halides is 1. The monoisotopic (exact) mass is 306 g/mol. The zero-order valence-electron chi connectivity index (χ0n) is 9.43. The van der Waals surface area contributed by atoms with Crippen molar-refractivity contribution in [3.63, 3.8) is 0 Å². The van der Waals surface area contributed by atoms with Crippen LogP contribution in [0.2, 0.25) is 0 Å². The molecule has 0 N–H and O–H groups in total. The number of methoxy groups -OCH3 is 1. The SMILES string of the molecule is COc1cc(F)c(F)cc1C(=O)CCCCBr. The number of hydrogen-bond donors (Lipinski definition) is 0. The van der Waals surface area contributed by atoms with Crippen LogP contribution in [0.25, 0.3) is 0 Å². The molecule has 1 rings (SSSR count). The molecule has 0 radical (unpaired) electrons. The number of carbonyl (C=O) groups is 1. The van der Waals surface area contributed by atoms with E-state index < -0.39 is 11.6 Å². The first-order chi connectivity index (χ1) is 8.10. The lowest BCUT2D eigenvalue weighted by Crippen LogP contribution is -2.04. The molecule has 0 bridgehead atoms. The van der Waals surface area contributed by atoms with Crippen molar-refractivity contribution in [2.45, 2.75) is 19.3 Å². The van der Waals surface area contributed by atoms with Crippen molar-refractivity contribution in [2.75, 3.05) is 12.4 Å². The van der Waals surface area contributed by atoms with Crippen molar-refractivity contribution in [1.29, 1.82) is 0 Å². The van der Waals surface area contributed by atoms with Crippen molar-refractivity contribution in [2.24, 2.45) is 0 Å². The van der Waals surface area contributed by atoms with Crippen molar-refractivity contribution < 1.29 is 18.3 Å². The molecule has 0 atom stereocenters. The van der Waals surface area contributed by atoms with Crippen molar-refractivity contribution in [3.05, 3.63) is 29.3 Å². The van der Waals surface area contributed by atoms with Gasteiger partial charge in [-0.25, -0.2) is 8.78 Å². The Labute approximate surface area is 107 Å². The summed E-state index contributed by atoms with van der Waals surface area (Å²) in [4.78, 5) is 11.8. The molecule has 0 heterocycles. The maximum atomic E-state index is 13.1. The largest absolute Gasteiger partial charge is 0.496 e. The smallest absolute Gasteiger partial charge is 0.166 e. The van der Waals surface area contributed by atoms with E-state index in [0.717, 1.165) is 23.9 Å². The number of ether oxygens (including phenoxy) is 1. The van der Waals surface area contributed by atoms with Gasteiger partial charge in [0, 0.05) is 17.8 Å². The molecule has 1 aromatic carbocycles. The van der Waals surface area contributed by atoms with Gasteiger partial charge >= 0.3 is 0 Å². The van der Waals surface area contributed by atoms with Gasteiger partial charge in [-0.05, 0) is 18.9 Å². The van der Waals surface area contributed by atoms with Gasteiger partial charge in [0.2, 0.25) is 0 Å². The van der Waals surface area contributed by atoms with Crippen LogP contribution in [0.3, 0.4) is 0 Å². The Morgan fingerprint density at radius 3 is 2.53 bits per heavy atom. The molecular weight excluding hydrogens is 294 g/mol. The molecular formula is C12H13BrF2O2. The van der Waals surface area contributed by atoms with E-state index in [1.165, 1.54) is 7.11 Å². The number of halogens is 3. The van der Waals surface area contributed by atoms with Crippen molar-refractivity contribution in [3.8, 4) is 5.75 Å². The van der Waals surface area contributed by atoms with E-state index in [0.29, 0.717) is 12.8 Å². The third-order valence-electron chi connectivity index (χ3n) is 2.33. The summed E-state index contributed by atoms with van der Waals surface area (Å²) in [5.41, 5.74) is 0.0981. The van der Waals surface area contributed by atoms with E-state index >= 15 is 0 Å². The highest BCUT2D eigenvalue weighted by molar-refractivity contribution is 9.09. The fourth-order valence-electron chi connectivity index (χ4n) is 1.43. The Balaban J connectivity index is 2.88. The molecule has 94 valence electrons. The minimum Gasteiger partial charge on any atom is -0.496 e. The number of Topliss-reactive ketones (excluding diaryl/α,β-unsaturated/α-hetero) is 1. The van der Waals surface area contributed by atoms with Crippen molar-refractivity contribution >= 4 is 21.7 Å². The Hall–Kier alpha value is -0.970. The van der Waals surface area contributed by atoms with Gasteiger partial charge in [-0.3, -0.25) is 4.79 Å². The van der Waals surface area contributed by atoms with Crippen LogP contribution >= 0.6 is 15.9 Å². The van der Waals surface area contributed by atoms with Crippen LogP contribution in [0, 0.1) is 11.6 Å². The summed E-state index contributed by atoms with van der Waals surface area (Å²) in [5, 5.41) is 0.815. The van der Waals surface area contributed by atoms with E-state index in [1.54, 1.807) is 0 Å². The molecule has 5 heteroatoms. The van der Waals surface area contributed by atoms with Gasteiger partial charge < -0.3 is 4.74 Å². The highest BCUT2D eigenvalue weighted by Crippen LogP contribution is 2.24. The summed E-state index contributed by atoms with van der Waals surface area (Å²) in [6.07, 6.45) is 1.86. The normalized spacial score (nSPS) is 10.4. The standard InChI is InChI=1S/C12H13BrF2O2/c1-17-12-7-10(15)9(14)6-8(12)11(16)4-2-3-5-13/h6-7H,2-5H2,1H3. The second-order valence-corrected chi connectivity index (χ2v) is 4.33. The second-order valence-electron chi connectivity index (χ2n) is 3.54. The zero-order valence-corrected chi connectivity index (χ0v) is 11.0. The highest BCUT2D eigenvalue weighted by Gasteiger charge is 2.16. The van der Waals surface area contributed by atoms with Crippen LogP contribution in [-0.4, -0.2) is 18.2 Å². The molecule has 0 fully saturated rings. The first-order valence-electron chi connectivity index (χ1n) is 5.22. The van der Waals surface area contributed by atoms with Gasteiger partial charge in [-0.1, -0.05) is 15.9 Å². The van der Waals surface area contributed by atoms with E-state index in [9.17, 15) is 13.6 Å². The van der Waals surface area contributed by atoms with Crippen LogP contribution in [0.1, 0.15) is 29.6 Å². The number of hydrogen-bond acceptors (Lipinski definition) is 2. The molecule has 2 nitrogen and oxygen atoms in total. The zero-order chi connectivity index (χ0) is 12.8. The quantitative estimate of drug-likeness (QED) is 0.455. The van der Waals surface area contributed by atoms with Gasteiger partial charge in [0.1, 0.15) is 5.75 Å². The molecule has 0 saturated heterocycles. The minimum atomic E-state index is -1.03. The predicted octanol–water partition coefficient (Wildman–Crippen LogP) is 3.72. The fraction of sp³-hybridized carbons (Fsp3) is 0.417. The summed E-state index contributed by atoms with van der Waals surface area (Å²) >= 11 is 3.26. The lowest BCUT2D eigenvalue weighted by atomic mass is 10.0. The third-order valence-corrected chi connectivity index (χ3v) is 2.89. The molecule has 17 heavy (non-hydrogen) atoms. The van der Waals surface area contributed by atoms with Crippen LogP contribution < -0.4 is 4.74 Å². The average Bonchev–Trinajstić information content (AvgIpc) is 2.32. The lowest BCUT2D eigenvalue weighted by molar-refractivity contribution is 0.0976. The van der Waals surface area contributed by atoms with Crippen LogP contribution in [0.15, 0.2) is 12.1 Å². The lowest BCUT2D eigenvalue weighted by Gasteiger charge is -2.08. The van der Waals surface area contributed by atoms with E-state index in [4.69, 9.17) is 4.74 Å². The number of ketones is 1. The van der Waals surface area contributed by atoms with Gasteiger partial charge in [0.25, 0.3) is 0 Å². The Morgan fingerprint density at radius 2 is 1.94 bits per heavy atom. The van der Waals surface area contributed by atoms with Crippen LogP contribution in [0.4, 0.5) is 8.78 Å². The maximum Gasteiger partial charge on any atom is 0.166 e. The van der Waals surface area contributed by atoms with Gasteiger partial charge in [-0.2, -0.15) is 0 Å². The Bertz CT molecular complexity index is 408. The molecule has 1 aromatic rings. The first kappa shape index (κ1) is 14.1. The van der Waals surface area contributed by atoms with Crippen molar-refractivity contribution in [1.82, 2.24) is 0 Å². The summed E-state index contributed by atoms with van der Waals surface area (Å²) < 4.78 is 30.9. The number of rotatable bonds is 6. The van der Waals surface area contributed by atoms with Crippen LogP contribution in [0.5, 0.6) is 5.75 Å². The second kappa shape index (κ2) is 6.69. The molecule has 0 amide bonds. The molecule has 0 saturated carbocycles. The molecule has 0 spiro atoms. The summed E-state index contributed by atoms with van der Waals surface area (Å²) in [7, 11) is 1.32. The van der Waals surface area contributed by atoms with Crippen LogP contribution in [-0.2, 0) is 0 Å². The van der Waals surface area contributed by atoms with E-state index in [1.807, 2.05) is 0 Å². The topological polar surface area (TPSA) is 26.3 Å². The third kappa shape index (κ3) is 3.77. The fourth-order valence-corrected chi connectivity index (χ4v) is 1.83. The molecule has 0 unspecified atom stereocenters. The summed E-state index contributed by atoms with van der Waals surface area (Å²) in [5.74, 6) is -2.21. The van der Waals surface area contributed by atoms with Gasteiger partial charge in [0.05, 0.1) is 12.7 Å². The summed E-state index contributed by atoms with van der Waals surface area (Å²) in [6.45, 7) is 0. The first-order valence-corrected chi connectivity index (χ1v) is 6.34. The van der Waals surface area contributed by atoms with Gasteiger partial charge in [0.15, 0.2) is 17.4 Å². The average molecular weight is 307 g/mol. The van der Waals surface area contributed by atoms with Gasteiger partial charge in [-0.15, -0.1) is 0 Å². The number of carbonyl (C=O) groups excluding carboxylic acids is 1. The number of unbranched alkanes of at least 4 members (excludes halogenated alkanes) is 1.